The van der Waals surface area contributed by atoms with Crippen LogP contribution in [0.25, 0.3) is 0 Å². The summed E-state index contributed by atoms with van der Waals surface area (Å²) in [5, 5.41) is 0. The summed E-state index contributed by atoms with van der Waals surface area (Å²) in [6.07, 6.45) is 0. The zero-order chi connectivity index (χ0) is 11.8. The van der Waals surface area contributed by atoms with Crippen LogP contribution < -0.4 is 0 Å². The second kappa shape index (κ2) is 7.23. The minimum absolute atomic E-state index is 0.0758. The minimum atomic E-state index is -0.530. The molecule has 0 aromatic carbocycles. The molecule has 15 heavy (non-hydrogen) atoms. The number of methoxy groups -OCH3 is 1. The van der Waals surface area contributed by atoms with Gasteiger partial charge in [0.05, 0.1) is 18.9 Å². The SMILES string of the molecule is CCOCOC(=O)C(C)C(C)C(=O)OC. The Balaban J connectivity index is 4.02. The summed E-state index contributed by atoms with van der Waals surface area (Å²) in [5.74, 6) is -1.92. The number of ether oxygens (including phenoxy) is 3. The molecule has 0 N–H and O–H groups in total. The van der Waals surface area contributed by atoms with E-state index in [2.05, 4.69) is 4.74 Å². The summed E-state index contributed by atoms with van der Waals surface area (Å²) >= 11 is 0. The first kappa shape index (κ1) is 13.9. The number of carbonyl (C=O) groups excluding carboxylic acids is 2. The van der Waals surface area contributed by atoms with Gasteiger partial charge in [0.2, 0.25) is 0 Å². The van der Waals surface area contributed by atoms with Gasteiger partial charge in [0.25, 0.3) is 0 Å². The molecule has 0 aliphatic heterocycles. The van der Waals surface area contributed by atoms with Crippen molar-refractivity contribution in [1.29, 1.82) is 0 Å². The van der Waals surface area contributed by atoms with Gasteiger partial charge in [-0.3, -0.25) is 9.59 Å². The van der Waals surface area contributed by atoms with E-state index >= 15 is 0 Å². The van der Waals surface area contributed by atoms with Crippen LogP contribution in [0.4, 0.5) is 0 Å². The predicted octanol–water partition coefficient (Wildman–Crippen LogP) is 0.969. The first-order valence-corrected chi connectivity index (χ1v) is 4.86. The third-order valence-electron chi connectivity index (χ3n) is 2.18. The van der Waals surface area contributed by atoms with Crippen LogP contribution in [0.1, 0.15) is 20.8 Å². The van der Waals surface area contributed by atoms with Gasteiger partial charge in [-0.15, -0.1) is 0 Å². The number of esters is 2. The Morgan fingerprint density at radius 1 is 1.13 bits per heavy atom. The summed E-state index contributed by atoms with van der Waals surface area (Å²) < 4.78 is 14.2. The Hall–Kier alpha value is -1.10. The highest BCUT2D eigenvalue weighted by Gasteiger charge is 2.27. The van der Waals surface area contributed by atoms with Crippen LogP contribution in [0, 0.1) is 11.8 Å². The first-order valence-electron chi connectivity index (χ1n) is 4.86. The van der Waals surface area contributed by atoms with Crippen molar-refractivity contribution in [3.63, 3.8) is 0 Å². The van der Waals surface area contributed by atoms with Gasteiger partial charge in [-0.1, -0.05) is 13.8 Å². The number of carbonyl (C=O) groups is 2. The van der Waals surface area contributed by atoms with E-state index in [-0.39, 0.29) is 6.79 Å². The lowest BCUT2D eigenvalue weighted by Crippen LogP contribution is -2.28. The van der Waals surface area contributed by atoms with Crippen LogP contribution in [-0.4, -0.2) is 32.4 Å². The fraction of sp³-hybridized carbons (Fsp3) is 0.800. The molecule has 5 heteroatoms. The Bertz CT molecular complexity index is 214. The normalized spacial score (nSPS) is 14.1. The lowest BCUT2D eigenvalue weighted by molar-refractivity contribution is -0.166. The quantitative estimate of drug-likeness (QED) is 0.377. The molecule has 88 valence electrons. The fourth-order valence-electron chi connectivity index (χ4n) is 0.909. The van der Waals surface area contributed by atoms with E-state index in [1.165, 1.54) is 7.11 Å². The zero-order valence-corrected chi connectivity index (χ0v) is 9.61. The maximum Gasteiger partial charge on any atom is 0.311 e. The maximum absolute atomic E-state index is 11.4. The number of hydrogen-bond donors (Lipinski definition) is 0. The highest BCUT2D eigenvalue weighted by molar-refractivity contribution is 5.81. The van der Waals surface area contributed by atoms with Gasteiger partial charge in [-0.05, 0) is 6.92 Å². The second-order valence-corrected chi connectivity index (χ2v) is 3.17. The number of rotatable bonds is 6. The first-order chi connectivity index (χ1) is 7.04. The zero-order valence-electron chi connectivity index (χ0n) is 9.61. The van der Waals surface area contributed by atoms with Gasteiger partial charge in [0.1, 0.15) is 0 Å². The Labute approximate surface area is 89.7 Å². The van der Waals surface area contributed by atoms with E-state index in [4.69, 9.17) is 9.47 Å². The average molecular weight is 218 g/mol. The van der Waals surface area contributed by atoms with Crippen molar-refractivity contribution in [2.24, 2.45) is 11.8 Å². The molecule has 0 bridgehead atoms. The summed E-state index contributed by atoms with van der Waals surface area (Å²) in [6, 6.07) is 0. The largest absolute Gasteiger partial charge is 0.469 e. The number of hydrogen-bond acceptors (Lipinski definition) is 5. The Morgan fingerprint density at radius 3 is 2.13 bits per heavy atom. The molecular weight excluding hydrogens is 200 g/mol. The highest BCUT2D eigenvalue weighted by atomic mass is 16.7. The summed E-state index contributed by atoms with van der Waals surface area (Å²) in [5.41, 5.74) is 0. The molecule has 0 aliphatic carbocycles. The molecule has 0 amide bonds. The molecule has 0 fully saturated rings. The van der Waals surface area contributed by atoms with E-state index in [0.717, 1.165) is 0 Å². The lowest BCUT2D eigenvalue weighted by Gasteiger charge is -2.16. The van der Waals surface area contributed by atoms with Crippen LogP contribution in [0.3, 0.4) is 0 Å². The third-order valence-corrected chi connectivity index (χ3v) is 2.18. The molecule has 0 saturated heterocycles. The molecule has 0 aromatic heterocycles. The minimum Gasteiger partial charge on any atom is -0.469 e. The second-order valence-electron chi connectivity index (χ2n) is 3.17. The Kier molecular flexibility index (Phi) is 6.70. The van der Waals surface area contributed by atoms with Crippen molar-refractivity contribution in [3.8, 4) is 0 Å². The molecule has 0 spiro atoms. The van der Waals surface area contributed by atoms with E-state index < -0.39 is 23.8 Å². The molecule has 2 atom stereocenters. The molecule has 5 nitrogen and oxygen atoms in total. The van der Waals surface area contributed by atoms with Crippen molar-refractivity contribution < 1.29 is 23.8 Å². The topological polar surface area (TPSA) is 61.8 Å². The van der Waals surface area contributed by atoms with Gasteiger partial charge in [0.15, 0.2) is 6.79 Å². The van der Waals surface area contributed by atoms with Crippen LogP contribution >= 0.6 is 0 Å². The van der Waals surface area contributed by atoms with Gasteiger partial charge in [-0.25, -0.2) is 0 Å². The summed E-state index contributed by atoms with van der Waals surface area (Å²) in [4.78, 5) is 22.5. The standard InChI is InChI=1S/C10H18O5/c1-5-14-6-15-10(12)8(3)7(2)9(11)13-4/h7-8H,5-6H2,1-4H3. The summed E-state index contributed by atoms with van der Waals surface area (Å²) in [7, 11) is 1.29. The van der Waals surface area contributed by atoms with E-state index in [0.29, 0.717) is 6.61 Å². The smallest absolute Gasteiger partial charge is 0.311 e. The molecular formula is C10H18O5. The molecule has 0 aliphatic rings. The van der Waals surface area contributed by atoms with Crippen LogP contribution in [0.2, 0.25) is 0 Å². The van der Waals surface area contributed by atoms with E-state index in [1.54, 1.807) is 20.8 Å². The van der Waals surface area contributed by atoms with Crippen molar-refractivity contribution >= 4 is 11.9 Å². The predicted molar refractivity (Wildman–Crippen MR) is 52.9 cm³/mol. The van der Waals surface area contributed by atoms with Crippen LogP contribution in [0.15, 0.2) is 0 Å². The van der Waals surface area contributed by atoms with Crippen molar-refractivity contribution in [3.05, 3.63) is 0 Å². The van der Waals surface area contributed by atoms with Crippen molar-refractivity contribution in [2.45, 2.75) is 20.8 Å². The van der Waals surface area contributed by atoms with Crippen LogP contribution in [0.5, 0.6) is 0 Å². The highest BCUT2D eigenvalue weighted by Crippen LogP contribution is 2.14. The van der Waals surface area contributed by atoms with Gasteiger partial charge >= 0.3 is 11.9 Å². The van der Waals surface area contributed by atoms with E-state index in [1.807, 2.05) is 0 Å². The lowest BCUT2D eigenvalue weighted by atomic mass is 9.96. The monoisotopic (exact) mass is 218 g/mol. The molecule has 0 radical (unpaired) electrons. The Morgan fingerprint density at radius 2 is 1.67 bits per heavy atom. The van der Waals surface area contributed by atoms with Crippen molar-refractivity contribution in [2.75, 3.05) is 20.5 Å². The van der Waals surface area contributed by atoms with Gasteiger partial charge < -0.3 is 14.2 Å². The van der Waals surface area contributed by atoms with E-state index in [9.17, 15) is 9.59 Å². The van der Waals surface area contributed by atoms with Gasteiger partial charge in [0, 0.05) is 6.61 Å². The molecule has 0 aromatic rings. The summed E-state index contributed by atoms with van der Waals surface area (Å²) in [6.45, 7) is 5.45. The average Bonchev–Trinajstić information content (AvgIpc) is 2.26. The molecule has 2 unspecified atom stereocenters. The molecule has 0 saturated carbocycles. The van der Waals surface area contributed by atoms with Crippen LogP contribution in [-0.2, 0) is 23.8 Å². The van der Waals surface area contributed by atoms with Crippen molar-refractivity contribution in [1.82, 2.24) is 0 Å². The third kappa shape index (κ3) is 4.78. The van der Waals surface area contributed by atoms with Gasteiger partial charge in [-0.2, -0.15) is 0 Å². The molecule has 0 heterocycles. The fourth-order valence-corrected chi connectivity index (χ4v) is 0.909. The maximum atomic E-state index is 11.4. The molecule has 0 rings (SSSR count).